The quantitative estimate of drug-likeness (QED) is 0.808. The fourth-order valence-electron chi connectivity index (χ4n) is 2.65. The molecule has 1 heterocycles. The molecule has 2 atom stereocenters. The highest BCUT2D eigenvalue weighted by atomic mass is 16.5. The predicted octanol–water partition coefficient (Wildman–Crippen LogP) is 1.19. The lowest BCUT2D eigenvalue weighted by molar-refractivity contribution is 0.0602. The molecule has 1 aromatic rings. The maximum absolute atomic E-state index is 11.7. The molecule has 6 nitrogen and oxygen atoms in total. The topological polar surface area (TPSA) is 88.7 Å². The number of ether oxygens (including phenoxy) is 1. The van der Waals surface area contributed by atoms with Gasteiger partial charge in [0, 0.05) is 7.05 Å². The molecule has 1 aliphatic rings. The molecule has 6 heteroatoms. The third kappa shape index (κ3) is 2.85. The molecule has 110 valence electrons. The molecule has 1 aromatic heterocycles. The Hall–Kier alpha value is -1.82. The van der Waals surface area contributed by atoms with Crippen LogP contribution >= 0.6 is 0 Å². The summed E-state index contributed by atoms with van der Waals surface area (Å²) < 4.78 is 4.70. The van der Waals surface area contributed by atoms with Gasteiger partial charge in [-0.3, -0.25) is 0 Å². The molecule has 2 rings (SSSR count). The van der Waals surface area contributed by atoms with Gasteiger partial charge in [0.1, 0.15) is 5.82 Å². The van der Waals surface area contributed by atoms with Gasteiger partial charge in [-0.15, -0.1) is 0 Å². The fourth-order valence-corrected chi connectivity index (χ4v) is 2.65. The number of rotatable bonds is 3. The number of carbonyl (C=O) groups is 1. The van der Waals surface area contributed by atoms with Crippen LogP contribution in [0.4, 0.5) is 11.5 Å². The van der Waals surface area contributed by atoms with Crippen molar-refractivity contribution in [2.75, 3.05) is 24.8 Å². The Kier molecular flexibility index (Phi) is 4.44. The molecule has 1 fully saturated rings. The number of carbonyl (C=O) groups excluding carboxylic acids is 1. The molecule has 1 saturated carbocycles. The SMILES string of the molecule is COC(=O)c1cc(N(C)C2CCCCC2O)ncc1N. The molecule has 0 bridgehead atoms. The normalized spacial score (nSPS) is 22.4. The number of anilines is 2. The second-order valence-corrected chi connectivity index (χ2v) is 5.15. The molecular formula is C14H21N3O3. The zero-order valence-corrected chi connectivity index (χ0v) is 11.9. The fraction of sp³-hybridized carbons (Fsp3) is 0.571. The third-order valence-corrected chi connectivity index (χ3v) is 3.88. The Morgan fingerprint density at radius 1 is 1.50 bits per heavy atom. The van der Waals surface area contributed by atoms with Crippen LogP contribution < -0.4 is 10.6 Å². The van der Waals surface area contributed by atoms with Gasteiger partial charge in [-0.2, -0.15) is 0 Å². The number of nitrogens with zero attached hydrogens (tertiary/aromatic N) is 2. The molecule has 3 N–H and O–H groups in total. The standard InChI is InChI=1S/C14H21N3O3/c1-17(11-5-3-4-6-12(11)18)13-7-9(14(19)20-2)10(15)8-16-13/h7-8,11-12,18H,3-6,15H2,1-2H3. The van der Waals surface area contributed by atoms with E-state index in [1.807, 2.05) is 11.9 Å². The number of pyridine rings is 1. The Morgan fingerprint density at radius 3 is 2.85 bits per heavy atom. The summed E-state index contributed by atoms with van der Waals surface area (Å²) >= 11 is 0. The highest BCUT2D eigenvalue weighted by Gasteiger charge is 2.28. The van der Waals surface area contributed by atoms with Gasteiger partial charge in [-0.1, -0.05) is 12.8 Å². The smallest absolute Gasteiger partial charge is 0.340 e. The first kappa shape index (κ1) is 14.6. The van der Waals surface area contributed by atoms with Crippen LogP contribution in [0, 0.1) is 0 Å². The second kappa shape index (κ2) is 6.09. The van der Waals surface area contributed by atoms with Crippen LogP contribution in [0.15, 0.2) is 12.3 Å². The van der Waals surface area contributed by atoms with Gasteiger partial charge in [0.25, 0.3) is 0 Å². The molecule has 0 aliphatic heterocycles. The number of aliphatic hydroxyl groups is 1. The Labute approximate surface area is 118 Å². The first-order valence-corrected chi connectivity index (χ1v) is 6.79. The van der Waals surface area contributed by atoms with E-state index in [0.29, 0.717) is 11.4 Å². The van der Waals surface area contributed by atoms with Crippen molar-refractivity contribution in [1.82, 2.24) is 4.98 Å². The van der Waals surface area contributed by atoms with E-state index in [2.05, 4.69) is 4.98 Å². The van der Waals surface area contributed by atoms with E-state index in [1.165, 1.54) is 13.3 Å². The third-order valence-electron chi connectivity index (χ3n) is 3.88. The highest BCUT2D eigenvalue weighted by Crippen LogP contribution is 2.27. The van der Waals surface area contributed by atoms with E-state index in [-0.39, 0.29) is 17.8 Å². The number of aromatic nitrogens is 1. The summed E-state index contributed by atoms with van der Waals surface area (Å²) in [6.07, 6.45) is 4.94. The van der Waals surface area contributed by atoms with E-state index in [9.17, 15) is 9.90 Å². The minimum absolute atomic E-state index is 0.0189. The van der Waals surface area contributed by atoms with Crippen molar-refractivity contribution in [2.45, 2.75) is 37.8 Å². The van der Waals surface area contributed by atoms with Crippen LogP contribution in [0.3, 0.4) is 0 Å². The second-order valence-electron chi connectivity index (χ2n) is 5.15. The number of likely N-dealkylation sites (N-methyl/N-ethyl adjacent to an activating group) is 1. The summed E-state index contributed by atoms with van der Waals surface area (Å²) in [5, 5.41) is 10.1. The number of nitrogens with two attached hydrogens (primary N) is 1. The number of methoxy groups -OCH3 is 1. The molecule has 0 amide bonds. The first-order chi connectivity index (χ1) is 9.54. The summed E-state index contributed by atoms with van der Waals surface area (Å²) in [6.45, 7) is 0. The van der Waals surface area contributed by atoms with Crippen LogP contribution in [0.2, 0.25) is 0 Å². The lowest BCUT2D eigenvalue weighted by Crippen LogP contribution is -2.43. The maximum Gasteiger partial charge on any atom is 0.340 e. The van der Waals surface area contributed by atoms with Crippen molar-refractivity contribution in [3.63, 3.8) is 0 Å². The van der Waals surface area contributed by atoms with E-state index < -0.39 is 5.97 Å². The van der Waals surface area contributed by atoms with Gasteiger partial charge in [0.15, 0.2) is 0 Å². The Bertz CT molecular complexity index is 493. The van der Waals surface area contributed by atoms with Crippen molar-refractivity contribution >= 4 is 17.5 Å². The molecular weight excluding hydrogens is 258 g/mol. The predicted molar refractivity (Wildman–Crippen MR) is 76.7 cm³/mol. The maximum atomic E-state index is 11.7. The zero-order chi connectivity index (χ0) is 14.7. The number of nitrogen functional groups attached to an aromatic ring is 1. The van der Waals surface area contributed by atoms with Gasteiger partial charge in [0.05, 0.1) is 36.7 Å². The zero-order valence-electron chi connectivity index (χ0n) is 11.9. The molecule has 2 unspecified atom stereocenters. The van der Waals surface area contributed by atoms with Crippen molar-refractivity contribution in [2.24, 2.45) is 0 Å². The molecule has 20 heavy (non-hydrogen) atoms. The van der Waals surface area contributed by atoms with Crippen LogP contribution in [0.1, 0.15) is 36.0 Å². The summed E-state index contributed by atoms with van der Waals surface area (Å²) in [4.78, 5) is 17.8. The van der Waals surface area contributed by atoms with Crippen molar-refractivity contribution < 1.29 is 14.6 Å². The largest absolute Gasteiger partial charge is 0.465 e. The van der Waals surface area contributed by atoms with Gasteiger partial charge >= 0.3 is 5.97 Å². The van der Waals surface area contributed by atoms with Crippen LogP contribution in [0.25, 0.3) is 0 Å². The van der Waals surface area contributed by atoms with Crippen molar-refractivity contribution in [1.29, 1.82) is 0 Å². The molecule has 0 spiro atoms. The van der Waals surface area contributed by atoms with Gasteiger partial charge in [-0.25, -0.2) is 9.78 Å². The van der Waals surface area contributed by atoms with Gasteiger partial charge in [0.2, 0.25) is 0 Å². The van der Waals surface area contributed by atoms with E-state index >= 15 is 0 Å². The minimum Gasteiger partial charge on any atom is -0.465 e. The molecule has 1 aliphatic carbocycles. The van der Waals surface area contributed by atoms with Crippen LogP contribution in [-0.4, -0.2) is 42.4 Å². The summed E-state index contributed by atoms with van der Waals surface area (Å²) in [5.74, 6) is 0.134. The lowest BCUT2D eigenvalue weighted by Gasteiger charge is -2.36. The molecule has 0 saturated heterocycles. The van der Waals surface area contributed by atoms with Crippen molar-refractivity contribution in [3.8, 4) is 0 Å². The average molecular weight is 279 g/mol. The monoisotopic (exact) mass is 279 g/mol. The average Bonchev–Trinajstić information content (AvgIpc) is 2.47. The van der Waals surface area contributed by atoms with Gasteiger partial charge in [-0.05, 0) is 18.9 Å². The number of hydrogen-bond donors (Lipinski definition) is 2. The Balaban J connectivity index is 2.25. The van der Waals surface area contributed by atoms with E-state index in [0.717, 1.165) is 25.7 Å². The van der Waals surface area contributed by atoms with E-state index in [4.69, 9.17) is 10.5 Å². The summed E-state index contributed by atoms with van der Waals surface area (Å²) in [7, 11) is 3.19. The first-order valence-electron chi connectivity index (χ1n) is 6.79. The lowest BCUT2D eigenvalue weighted by atomic mass is 9.91. The molecule has 0 radical (unpaired) electrons. The van der Waals surface area contributed by atoms with Crippen LogP contribution in [-0.2, 0) is 4.74 Å². The molecule has 0 aromatic carbocycles. The minimum atomic E-state index is -0.483. The number of hydrogen-bond acceptors (Lipinski definition) is 6. The van der Waals surface area contributed by atoms with Gasteiger partial charge < -0.3 is 20.5 Å². The Morgan fingerprint density at radius 2 is 2.20 bits per heavy atom. The number of aliphatic hydroxyl groups excluding tert-OH is 1. The van der Waals surface area contributed by atoms with Crippen LogP contribution in [0.5, 0.6) is 0 Å². The summed E-state index contributed by atoms with van der Waals surface area (Å²) in [6, 6.07) is 1.63. The highest BCUT2D eigenvalue weighted by molar-refractivity contribution is 5.95. The van der Waals surface area contributed by atoms with E-state index in [1.54, 1.807) is 6.07 Å². The number of esters is 1. The van der Waals surface area contributed by atoms with Crippen molar-refractivity contribution in [3.05, 3.63) is 17.8 Å². The summed E-state index contributed by atoms with van der Waals surface area (Å²) in [5.41, 5.74) is 6.33.